The number of benzene rings is 1. The summed E-state index contributed by atoms with van der Waals surface area (Å²) in [6, 6.07) is 7.38. The highest BCUT2D eigenvalue weighted by Crippen LogP contribution is 2.32. The normalized spacial score (nSPS) is 20.6. The Bertz CT molecular complexity index is 722. The van der Waals surface area contributed by atoms with Crippen LogP contribution in [0.1, 0.15) is 28.6 Å². The van der Waals surface area contributed by atoms with E-state index in [0.29, 0.717) is 11.3 Å². The summed E-state index contributed by atoms with van der Waals surface area (Å²) in [6.07, 6.45) is 0.622. The SMILES string of the molecule is Cc1ncsc1CNC1CCS(=O)(=O)c2ccccc21. The predicted octanol–water partition coefficient (Wildman–Crippen LogP) is 2.46. The van der Waals surface area contributed by atoms with E-state index >= 15 is 0 Å². The van der Waals surface area contributed by atoms with E-state index < -0.39 is 9.84 Å². The minimum atomic E-state index is -3.10. The fraction of sp³-hybridized carbons (Fsp3) is 0.357. The highest BCUT2D eigenvalue weighted by molar-refractivity contribution is 7.91. The van der Waals surface area contributed by atoms with Gasteiger partial charge < -0.3 is 5.32 Å². The number of hydrogen-bond donors (Lipinski definition) is 1. The molecule has 0 spiro atoms. The Kier molecular flexibility index (Phi) is 3.62. The van der Waals surface area contributed by atoms with Gasteiger partial charge in [-0.3, -0.25) is 0 Å². The molecule has 106 valence electrons. The molecule has 1 aromatic carbocycles. The number of hydrogen-bond acceptors (Lipinski definition) is 5. The van der Waals surface area contributed by atoms with Crippen LogP contribution < -0.4 is 5.32 Å². The van der Waals surface area contributed by atoms with Crippen LogP contribution in [-0.4, -0.2) is 19.2 Å². The van der Waals surface area contributed by atoms with Gasteiger partial charge in [-0.15, -0.1) is 11.3 Å². The highest BCUT2D eigenvalue weighted by atomic mass is 32.2. The molecule has 3 rings (SSSR count). The molecule has 4 nitrogen and oxygen atoms in total. The third-order valence-corrected chi connectivity index (χ3v) is 6.41. The summed E-state index contributed by atoms with van der Waals surface area (Å²) in [6.45, 7) is 2.72. The van der Waals surface area contributed by atoms with E-state index in [-0.39, 0.29) is 11.8 Å². The van der Waals surface area contributed by atoms with Crippen molar-refractivity contribution < 1.29 is 8.42 Å². The topological polar surface area (TPSA) is 59.1 Å². The van der Waals surface area contributed by atoms with E-state index in [1.807, 2.05) is 24.6 Å². The van der Waals surface area contributed by atoms with Gasteiger partial charge in [-0.25, -0.2) is 13.4 Å². The van der Waals surface area contributed by atoms with Crippen LogP contribution in [0.2, 0.25) is 0 Å². The van der Waals surface area contributed by atoms with Gasteiger partial charge in [0.1, 0.15) is 0 Å². The van der Waals surface area contributed by atoms with E-state index in [1.54, 1.807) is 23.5 Å². The Labute approximate surface area is 122 Å². The van der Waals surface area contributed by atoms with Crippen LogP contribution in [0.5, 0.6) is 0 Å². The number of nitrogens with zero attached hydrogens (tertiary/aromatic N) is 1. The van der Waals surface area contributed by atoms with Crippen molar-refractivity contribution in [1.29, 1.82) is 0 Å². The van der Waals surface area contributed by atoms with Crippen molar-refractivity contribution in [2.45, 2.75) is 30.8 Å². The zero-order valence-electron chi connectivity index (χ0n) is 11.2. The molecule has 0 saturated heterocycles. The lowest BCUT2D eigenvalue weighted by atomic mass is 10.0. The first-order chi connectivity index (χ1) is 9.58. The molecule has 1 unspecified atom stereocenters. The number of rotatable bonds is 3. The molecule has 1 aromatic heterocycles. The van der Waals surface area contributed by atoms with Crippen LogP contribution in [0.15, 0.2) is 34.7 Å². The molecule has 0 radical (unpaired) electrons. The lowest BCUT2D eigenvalue weighted by Crippen LogP contribution is -2.29. The van der Waals surface area contributed by atoms with Gasteiger partial charge in [0.05, 0.1) is 21.9 Å². The summed E-state index contributed by atoms with van der Waals surface area (Å²) in [5.74, 6) is 0.212. The molecule has 20 heavy (non-hydrogen) atoms. The third-order valence-electron chi connectivity index (χ3n) is 3.66. The molecule has 2 aromatic rings. The molecular weight excluding hydrogens is 292 g/mol. The average molecular weight is 308 g/mol. The smallest absolute Gasteiger partial charge is 0.178 e. The summed E-state index contributed by atoms with van der Waals surface area (Å²) >= 11 is 1.63. The quantitative estimate of drug-likeness (QED) is 0.946. The minimum Gasteiger partial charge on any atom is -0.305 e. The third kappa shape index (κ3) is 2.51. The van der Waals surface area contributed by atoms with Gasteiger partial charge >= 0.3 is 0 Å². The summed E-state index contributed by atoms with van der Waals surface area (Å²) < 4.78 is 24.1. The Morgan fingerprint density at radius 2 is 2.20 bits per heavy atom. The van der Waals surface area contributed by atoms with E-state index in [4.69, 9.17) is 0 Å². The van der Waals surface area contributed by atoms with Gasteiger partial charge in [0.25, 0.3) is 0 Å². The summed E-state index contributed by atoms with van der Waals surface area (Å²) in [4.78, 5) is 5.91. The highest BCUT2D eigenvalue weighted by Gasteiger charge is 2.29. The fourth-order valence-electron chi connectivity index (χ4n) is 2.51. The Balaban J connectivity index is 1.84. The first kappa shape index (κ1) is 13.7. The van der Waals surface area contributed by atoms with Crippen LogP contribution in [0.3, 0.4) is 0 Å². The summed E-state index contributed by atoms with van der Waals surface area (Å²) in [5, 5.41) is 3.46. The van der Waals surface area contributed by atoms with Crippen molar-refractivity contribution in [2.75, 3.05) is 5.75 Å². The van der Waals surface area contributed by atoms with Gasteiger partial charge in [-0.05, 0) is 25.0 Å². The average Bonchev–Trinajstić information content (AvgIpc) is 2.84. The Morgan fingerprint density at radius 3 is 2.95 bits per heavy atom. The molecule has 2 heterocycles. The van der Waals surface area contributed by atoms with Crippen molar-refractivity contribution in [1.82, 2.24) is 10.3 Å². The minimum absolute atomic E-state index is 0.0937. The molecule has 0 bridgehead atoms. The summed E-state index contributed by atoms with van der Waals surface area (Å²) in [5.41, 5.74) is 3.77. The van der Waals surface area contributed by atoms with Gasteiger partial charge in [0.2, 0.25) is 0 Å². The van der Waals surface area contributed by atoms with Crippen molar-refractivity contribution in [3.63, 3.8) is 0 Å². The summed E-state index contributed by atoms with van der Waals surface area (Å²) in [7, 11) is -3.10. The molecule has 1 aliphatic heterocycles. The van der Waals surface area contributed by atoms with E-state index in [2.05, 4.69) is 10.3 Å². The number of nitrogens with one attached hydrogen (secondary N) is 1. The first-order valence-corrected chi connectivity index (χ1v) is 9.05. The van der Waals surface area contributed by atoms with Gasteiger partial charge in [0, 0.05) is 17.5 Å². The Morgan fingerprint density at radius 1 is 1.40 bits per heavy atom. The van der Waals surface area contributed by atoms with E-state index in [0.717, 1.165) is 17.8 Å². The molecule has 0 saturated carbocycles. The van der Waals surface area contributed by atoms with Gasteiger partial charge in [-0.1, -0.05) is 18.2 Å². The zero-order chi connectivity index (χ0) is 14.2. The van der Waals surface area contributed by atoms with E-state index in [1.165, 1.54) is 4.88 Å². The lowest BCUT2D eigenvalue weighted by Gasteiger charge is -2.26. The van der Waals surface area contributed by atoms with Crippen LogP contribution in [0.4, 0.5) is 0 Å². The largest absolute Gasteiger partial charge is 0.305 e. The second-order valence-electron chi connectivity index (χ2n) is 4.94. The van der Waals surface area contributed by atoms with Crippen LogP contribution in [0.25, 0.3) is 0 Å². The van der Waals surface area contributed by atoms with Crippen LogP contribution >= 0.6 is 11.3 Å². The molecular formula is C14H16N2O2S2. The number of fused-ring (bicyclic) bond motifs is 1. The van der Waals surface area contributed by atoms with Crippen molar-refractivity contribution in [3.8, 4) is 0 Å². The second kappa shape index (κ2) is 5.27. The monoisotopic (exact) mass is 308 g/mol. The molecule has 1 aliphatic rings. The second-order valence-corrected chi connectivity index (χ2v) is 7.96. The molecule has 6 heteroatoms. The van der Waals surface area contributed by atoms with Gasteiger partial charge in [0.15, 0.2) is 9.84 Å². The molecule has 1 atom stereocenters. The van der Waals surface area contributed by atoms with Crippen molar-refractivity contribution in [3.05, 3.63) is 45.9 Å². The maximum absolute atomic E-state index is 12.1. The zero-order valence-corrected chi connectivity index (χ0v) is 12.8. The first-order valence-electron chi connectivity index (χ1n) is 6.52. The number of thiazole rings is 1. The Hall–Kier alpha value is -1.24. The fourth-order valence-corrected chi connectivity index (χ4v) is 4.86. The maximum Gasteiger partial charge on any atom is 0.178 e. The van der Waals surface area contributed by atoms with Crippen molar-refractivity contribution in [2.24, 2.45) is 0 Å². The van der Waals surface area contributed by atoms with Crippen LogP contribution in [-0.2, 0) is 16.4 Å². The number of aromatic nitrogens is 1. The van der Waals surface area contributed by atoms with E-state index in [9.17, 15) is 8.42 Å². The van der Waals surface area contributed by atoms with Gasteiger partial charge in [-0.2, -0.15) is 0 Å². The maximum atomic E-state index is 12.1. The standard InChI is InChI=1S/C14H16N2O2S2/c1-10-13(19-9-16-10)8-15-12-6-7-20(17,18)14-5-3-2-4-11(12)14/h2-5,9,12,15H,6-8H2,1H3. The molecule has 1 N–H and O–H groups in total. The number of aryl methyl sites for hydroxylation is 1. The molecule has 0 aliphatic carbocycles. The van der Waals surface area contributed by atoms with Crippen molar-refractivity contribution >= 4 is 21.2 Å². The van der Waals surface area contributed by atoms with Crippen LogP contribution in [0, 0.1) is 6.92 Å². The predicted molar refractivity (Wildman–Crippen MR) is 79.5 cm³/mol. The lowest BCUT2D eigenvalue weighted by molar-refractivity contribution is 0.493. The number of sulfone groups is 1. The molecule has 0 fully saturated rings. The molecule has 0 amide bonds.